The molecular formula is C28H40FN5O. The smallest absolute Gasteiger partial charge is 0.150 e. The fourth-order valence-corrected chi connectivity index (χ4v) is 2.77. The number of fused-ring (bicyclic) bond motifs is 1. The molecule has 1 atom stereocenters. The Morgan fingerprint density at radius 3 is 2.23 bits per heavy atom. The predicted molar refractivity (Wildman–Crippen MR) is 150 cm³/mol. The number of anilines is 3. The monoisotopic (exact) mass is 481 g/mol. The zero-order valence-electron chi connectivity index (χ0n) is 21.7. The molecule has 3 rings (SSSR count). The molecule has 6 N–H and O–H groups in total. The molecule has 0 bridgehead atoms. The fraction of sp³-hybridized carbons (Fsp3) is 0.250. The summed E-state index contributed by atoms with van der Waals surface area (Å²) < 4.78 is 12.3. The zero-order valence-corrected chi connectivity index (χ0v) is 21.7. The topological polar surface area (TPSA) is 97.4 Å². The van der Waals surface area contributed by atoms with Crippen molar-refractivity contribution in [2.24, 2.45) is 5.73 Å². The first kappa shape index (κ1) is 31.2. The van der Waals surface area contributed by atoms with Gasteiger partial charge in [-0.3, -0.25) is 10.6 Å². The first-order chi connectivity index (χ1) is 16.8. The van der Waals surface area contributed by atoms with Crippen LogP contribution in [0.1, 0.15) is 51.9 Å². The number of hydrogen-bond acceptors (Lipinski definition) is 5. The van der Waals surface area contributed by atoms with Crippen molar-refractivity contribution in [2.45, 2.75) is 40.8 Å². The summed E-state index contributed by atoms with van der Waals surface area (Å²) in [6.45, 7) is 16.7. The Balaban J connectivity index is 0.000000702. The van der Waals surface area contributed by atoms with Gasteiger partial charge in [0, 0.05) is 18.3 Å². The summed E-state index contributed by atoms with van der Waals surface area (Å²) in [5.74, 6) is -0.281. The van der Waals surface area contributed by atoms with Gasteiger partial charge in [-0.05, 0) is 54.5 Å². The lowest BCUT2D eigenvalue weighted by Crippen LogP contribution is -2.24. The minimum atomic E-state index is -0.354. The minimum absolute atomic E-state index is 0.0203. The van der Waals surface area contributed by atoms with Crippen molar-refractivity contribution in [3.8, 4) is 0 Å². The molecule has 1 unspecified atom stereocenters. The maximum absolute atomic E-state index is 12.3. The molecule has 1 heterocycles. The summed E-state index contributed by atoms with van der Waals surface area (Å²) in [7, 11) is 1.86. The fourth-order valence-electron chi connectivity index (χ4n) is 2.77. The second kappa shape index (κ2) is 16.7. The highest BCUT2D eigenvalue weighted by Crippen LogP contribution is 2.40. The molecule has 35 heavy (non-hydrogen) atoms. The highest BCUT2D eigenvalue weighted by molar-refractivity contribution is 5.97. The average Bonchev–Trinajstić information content (AvgIpc) is 3.25. The Morgan fingerprint density at radius 2 is 1.74 bits per heavy atom. The van der Waals surface area contributed by atoms with E-state index in [1.165, 1.54) is 12.2 Å². The summed E-state index contributed by atoms with van der Waals surface area (Å²) >= 11 is 0. The number of benzene rings is 2. The van der Waals surface area contributed by atoms with Crippen LogP contribution in [-0.4, -0.2) is 18.1 Å². The van der Waals surface area contributed by atoms with Crippen molar-refractivity contribution in [2.75, 3.05) is 22.7 Å². The molecule has 0 radical (unpaired) electrons. The van der Waals surface area contributed by atoms with Crippen molar-refractivity contribution in [3.63, 3.8) is 0 Å². The highest BCUT2D eigenvalue weighted by Gasteiger charge is 2.29. The lowest BCUT2D eigenvalue weighted by molar-refractivity contribution is 0.234. The lowest BCUT2D eigenvalue weighted by Gasteiger charge is -2.20. The van der Waals surface area contributed by atoms with E-state index in [4.69, 9.17) is 11.1 Å². The van der Waals surface area contributed by atoms with E-state index in [1.54, 1.807) is 31.2 Å². The zero-order chi connectivity index (χ0) is 27.0. The van der Waals surface area contributed by atoms with E-state index < -0.39 is 0 Å². The van der Waals surface area contributed by atoms with E-state index in [9.17, 15) is 9.60 Å². The normalized spacial score (nSPS) is 13.5. The highest BCUT2D eigenvalue weighted by atomic mass is 19.1. The van der Waals surface area contributed by atoms with Gasteiger partial charge in [0.25, 0.3) is 0 Å². The molecule has 0 spiro atoms. The molecule has 6 nitrogen and oxygen atoms in total. The van der Waals surface area contributed by atoms with Gasteiger partial charge in [0.1, 0.15) is 11.7 Å². The molecule has 2 aromatic rings. The standard InChI is InChI=1S/C15H17N5O.C9H11F.2C2H6/c1-18-11-5-2-9(3-6-11)15-19-12-7-4-10(14(16)17)8-13(12)20(15)21;1-4-8(3)6-7-9(10)5-2;2*1-2/h2-8,15,18-19,21H,1H3,(H3,16,17);4-7H,1,3H2,2H3;2*1-2H3/b;7-6-,9-5+;;. The number of nitrogens with one attached hydrogen (secondary N) is 3. The summed E-state index contributed by atoms with van der Waals surface area (Å²) in [6.07, 6.45) is 5.52. The number of amidine groups is 1. The van der Waals surface area contributed by atoms with E-state index in [1.807, 2.05) is 65.1 Å². The van der Waals surface area contributed by atoms with E-state index in [-0.39, 0.29) is 17.8 Å². The van der Waals surface area contributed by atoms with Gasteiger partial charge in [-0.15, -0.1) is 0 Å². The van der Waals surface area contributed by atoms with Gasteiger partial charge in [0.15, 0.2) is 6.17 Å². The molecule has 2 aromatic carbocycles. The maximum Gasteiger partial charge on any atom is 0.150 e. The molecule has 190 valence electrons. The van der Waals surface area contributed by atoms with Crippen LogP contribution in [-0.2, 0) is 0 Å². The van der Waals surface area contributed by atoms with Crippen molar-refractivity contribution < 1.29 is 9.60 Å². The molecule has 7 heteroatoms. The summed E-state index contributed by atoms with van der Waals surface area (Å²) in [5, 5.41) is 25.3. The van der Waals surface area contributed by atoms with Gasteiger partial charge >= 0.3 is 0 Å². The number of halogens is 1. The third-order valence-corrected chi connectivity index (χ3v) is 4.60. The van der Waals surface area contributed by atoms with Crippen LogP contribution < -0.4 is 21.4 Å². The van der Waals surface area contributed by atoms with E-state index in [0.29, 0.717) is 16.8 Å². The van der Waals surface area contributed by atoms with Gasteiger partial charge < -0.3 is 16.4 Å². The Kier molecular flexibility index (Phi) is 14.9. The molecule has 0 saturated heterocycles. The van der Waals surface area contributed by atoms with Crippen molar-refractivity contribution in [3.05, 3.63) is 102 Å². The third kappa shape index (κ3) is 9.51. The second-order valence-electron chi connectivity index (χ2n) is 6.69. The van der Waals surface area contributed by atoms with Crippen molar-refractivity contribution in [1.29, 1.82) is 5.41 Å². The number of nitrogen functional groups attached to an aromatic ring is 1. The van der Waals surface area contributed by atoms with Crippen LogP contribution in [0, 0.1) is 5.41 Å². The van der Waals surface area contributed by atoms with Crippen LogP contribution >= 0.6 is 0 Å². The molecule has 0 fully saturated rings. The van der Waals surface area contributed by atoms with E-state index in [0.717, 1.165) is 22.0 Å². The van der Waals surface area contributed by atoms with Crippen LogP contribution in [0.3, 0.4) is 0 Å². The van der Waals surface area contributed by atoms with Gasteiger partial charge in [-0.2, -0.15) is 0 Å². The van der Waals surface area contributed by atoms with Crippen LogP contribution in [0.5, 0.6) is 0 Å². The molecule has 1 aliphatic heterocycles. The first-order valence-electron chi connectivity index (χ1n) is 11.6. The van der Waals surface area contributed by atoms with Gasteiger partial charge in [0.2, 0.25) is 0 Å². The van der Waals surface area contributed by atoms with E-state index >= 15 is 0 Å². The van der Waals surface area contributed by atoms with E-state index in [2.05, 4.69) is 23.8 Å². The predicted octanol–water partition coefficient (Wildman–Crippen LogP) is 7.54. The molecule has 0 amide bonds. The number of allylic oxidation sites excluding steroid dienone is 6. The largest absolute Gasteiger partial charge is 0.388 e. The minimum Gasteiger partial charge on any atom is -0.388 e. The quantitative estimate of drug-likeness (QED) is 0.167. The summed E-state index contributed by atoms with van der Waals surface area (Å²) in [6, 6.07) is 13.1. The molecule has 0 aliphatic carbocycles. The SMILES string of the molecule is C=CC(=C)/C=C\C(F)=C/C.CC.CC.CNc1ccc(C2Nc3ccc(C(=N)N)cc3N2O)cc1. The Morgan fingerprint density at radius 1 is 1.14 bits per heavy atom. The number of hydroxylamine groups is 1. The third-order valence-electron chi connectivity index (χ3n) is 4.60. The van der Waals surface area contributed by atoms with Gasteiger partial charge in [-0.25, -0.2) is 9.45 Å². The lowest BCUT2D eigenvalue weighted by atomic mass is 10.1. The van der Waals surface area contributed by atoms with Gasteiger partial charge in [-0.1, -0.05) is 71.2 Å². The van der Waals surface area contributed by atoms with Crippen molar-refractivity contribution in [1.82, 2.24) is 0 Å². The van der Waals surface area contributed by atoms with Gasteiger partial charge in [0.05, 0.1) is 11.4 Å². The Bertz CT molecular complexity index is 1010. The van der Waals surface area contributed by atoms with Crippen LogP contribution in [0.2, 0.25) is 0 Å². The van der Waals surface area contributed by atoms with Crippen LogP contribution in [0.15, 0.2) is 91.3 Å². The first-order valence-corrected chi connectivity index (χ1v) is 11.6. The van der Waals surface area contributed by atoms with Crippen LogP contribution in [0.4, 0.5) is 21.5 Å². The van der Waals surface area contributed by atoms with Crippen LogP contribution in [0.25, 0.3) is 0 Å². The average molecular weight is 482 g/mol. The number of nitrogens with zero attached hydrogens (tertiary/aromatic N) is 1. The Hall–Kier alpha value is -3.84. The Labute approximate surface area is 209 Å². The summed E-state index contributed by atoms with van der Waals surface area (Å²) in [4.78, 5) is 0. The number of rotatable bonds is 6. The van der Waals surface area contributed by atoms with Crippen molar-refractivity contribution >= 4 is 22.9 Å². The maximum atomic E-state index is 12.3. The number of hydrogen-bond donors (Lipinski definition) is 5. The summed E-state index contributed by atoms with van der Waals surface area (Å²) in [5.41, 5.74) is 10.2. The second-order valence-corrected chi connectivity index (χ2v) is 6.69. The molecule has 0 aromatic heterocycles. The molecule has 0 saturated carbocycles. The molecule has 1 aliphatic rings. The number of nitrogens with two attached hydrogens (primary N) is 1. The molecular weight excluding hydrogens is 441 g/mol.